The summed E-state index contributed by atoms with van der Waals surface area (Å²) >= 11 is 0. The molecule has 0 aliphatic carbocycles. The summed E-state index contributed by atoms with van der Waals surface area (Å²) in [4.78, 5) is 19.1. The van der Waals surface area contributed by atoms with E-state index in [0.717, 1.165) is 40.7 Å². The number of aromatic nitrogens is 1. The van der Waals surface area contributed by atoms with Gasteiger partial charge >= 0.3 is 6.03 Å². The fourth-order valence-electron chi connectivity index (χ4n) is 4.03. The van der Waals surface area contributed by atoms with Crippen molar-refractivity contribution in [2.75, 3.05) is 39.7 Å². The maximum atomic E-state index is 12.7. The van der Waals surface area contributed by atoms with Crippen molar-refractivity contribution in [3.05, 3.63) is 54.2 Å². The van der Waals surface area contributed by atoms with E-state index in [9.17, 15) is 4.79 Å². The van der Waals surface area contributed by atoms with Crippen LogP contribution in [0.3, 0.4) is 0 Å². The van der Waals surface area contributed by atoms with Gasteiger partial charge in [-0.3, -0.25) is 4.98 Å². The summed E-state index contributed by atoms with van der Waals surface area (Å²) in [5.41, 5.74) is 2.84. The van der Waals surface area contributed by atoms with Gasteiger partial charge in [0, 0.05) is 43.3 Å². The Bertz CT molecular complexity index is 1120. The zero-order valence-electron chi connectivity index (χ0n) is 21.3. The summed E-state index contributed by atoms with van der Waals surface area (Å²) in [5, 5.41) is 7.52. The molecule has 1 aromatic heterocycles. The van der Waals surface area contributed by atoms with Crippen LogP contribution in [0.15, 0.2) is 48.7 Å². The second kappa shape index (κ2) is 12.7. The number of anilines is 1. The van der Waals surface area contributed by atoms with Gasteiger partial charge in [-0.1, -0.05) is 12.1 Å². The summed E-state index contributed by atoms with van der Waals surface area (Å²) in [7, 11) is 4.88. The molecular weight excluding hydrogens is 444 g/mol. The number of hydrogen-bond acceptors (Lipinski definition) is 6. The molecule has 188 valence electrons. The van der Waals surface area contributed by atoms with Gasteiger partial charge in [-0.2, -0.15) is 0 Å². The van der Waals surface area contributed by atoms with Crippen LogP contribution in [-0.4, -0.2) is 56.4 Å². The predicted molar refractivity (Wildman–Crippen MR) is 140 cm³/mol. The lowest BCUT2D eigenvalue weighted by Crippen LogP contribution is -2.40. The van der Waals surface area contributed by atoms with Crippen LogP contribution in [0.25, 0.3) is 10.9 Å². The lowest BCUT2D eigenvalue weighted by atomic mass is 10.1. The second-order valence-electron chi connectivity index (χ2n) is 8.38. The van der Waals surface area contributed by atoms with Gasteiger partial charge in [-0.15, -0.1) is 0 Å². The number of hydrogen-bond donors (Lipinski definition) is 2. The number of nitrogens with one attached hydrogen (secondary N) is 2. The highest BCUT2D eigenvalue weighted by Gasteiger charge is 2.16. The van der Waals surface area contributed by atoms with Crippen LogP contribution in [0, 0.1) is 0 Å². The molecule has 1 heterocycles. The molecule has 8 heteroatoms. The lowest BCUT2D eigenvalue weighted by molar-refractivity contribution is 0.194. The topological polar surface area (TPSA) is 85.0 Å². The van der Waals surface area contributed by atoms with Crippen molar-refractivity contribution in [2.24, 2.45) is 0 Å². The first-order valence-electron chi connectivity index (χ1n) is 11.9. The highest BCUT2D eigenvalue weighted by molar-refractivity contribution is 5.91. The third kappa shape index (κ3) is 6.91. The first-order valence-corrected chi connectivity index (χ1v) is 11.9. The van der Waals surface area contributed by atoms with Gasteiger partial charge in [0.25, 0.3) is 0 Å². The summed E-state index contributed by atoms with van der Waals surface area (Å²) in [6.07, 6.45) is 3.52. The maximum Gasteiger partial charge on any atom is 0.317 e. The fraction of sp³-hybridized carbons (Fsp3) is 0.407. The number of amides is 2. The molecule has 2 N–H and O–H groups in total. The number of rotatable bonds is 12. The zero-order chi connectivity index (χ0) is 25.2. The Kier molecular flexibility index (Phi) is 9.40. The van der Waals surface area contributed by atoms with Crippen molar-refractivity contribution >= 4 is 22.6 Å². The molecule has 0 saturated heterocycles. The van der Waals surface area contributed by atoms with E-state index in [4.69, 9.17) is 14.2 Å². The number of urea groups is 1. The van der Waals surface area contributed by atoms with Gasteiger partial charge in [0.2, 0.25) is 0 Å². The Balaban J connectivity index is 1.64. The molecule has 0 radical (unpaired) electrons. The highest BCUT2D eigenvalue weighted by atomic mass is 16.5. The van der Waals surface area contributed by atoms with E-state index < -0.39 is 0 Å². The van der Waals surface area contributed by atoms with E-state index in [0.29, 0.717) is 31.1 Å². The number of fused-ring (bicyclic) bond motifs is 1. The van der Waals surface area contributed by atoms with Crippen LogP contribution in [-0.2, 0) is 6.54 Å². The van der Waals surface area contributed by atoms with Crippen molar-refractivity contribution in [2.45, 2.75) is 39.3 Å². The quantitative estimate of drug-likeness (QED) is 0.376. The number of methoxy groups -OCH3 is 3. The third-order valence-corrected chi connectivity index (χ3v) is 5.82. The molecule has 0 aliphatic rings. The molecule has 2 amide bonds. The Morgan fingerprint density at radius 3 is 2.57 bits per heavy atom. The molecule has 0 fully saturated rings. The van der Waals surface area contributed by atoms with E-state index in [1.807, 2.05) is 54.3 Å². The molecule has 35 heavy (non-hydrogen) atoms. The number of benzene rings is 2. The van der Waals surface area contributed by atoms with E-state index in [1.54, 1.807) is 27.5 Å². The molecule has 0 bridgehead atoms. The molecule has 0 saturated carbocycles. The minimum Gasteiger partial charge on any atom is -0.497 e. The lowest BCUT2D eigenvalue weighted by Gasteiger charge is -2.24. The van der Waals surface area contributed by atoms with E-state index in [2.05, 4.69) is 22.5 Å². The average molecular weight is 481 g/mol. The van der Waals surface area contributed by atoms with Crippen LogP contribution >= 0.6 is 0 Å². The minimum absolute atomic E-state index is 0.0779. The molecule has 3 aromatic rings. The van der Waals surface area contributed by atoms with Gasteiger partial charge in [-0.05, 0) is 56.5 Å². The summed E-state index contributed by atoms with van der Waals surface area (Å²) in [6, 6.07) is 13.7. The van der Waals surface area contributed by atoms with Crippen molar-refractivity contribution in [3.63, 3.8) is 0 Å². The molecule has 8 nitrogen and oxygen atoms in total. The third-order valence-electron chi connectivity index (χ3n) is 5.82. The largest absolute Gasteiger partial charge is 0.497 e. The van der Waals surface area contributed by atoms with Crippen LogP contribution in [0.1, 0.15) is 32.3 Å². The van der Waals surface area contributed by atoms with Gasteiger partial charge in [-0.25, -0.2) is 4.79 Å². The highest BCUT2D eigenvalue weighted by Crippen LogP contribution is 2.29. The van der Waals surface area contributed by atoms with Crippen LogP contribution < -0.4 is 24.8 Å². The first kappa shape index (κ1) is 25.9. The molecule has 0 spiro atoms. The monoisotopic (exact) mass is 480 g/mol. The molecule has 2 aromatic carbocycles. The smallest absolute Gasteiger partial charge is 0.317 e. The fourth-order valence-corrected chi connectivity index (χ4v) is 4.03. The zero-order valence-corrected chi connectivity index (χ0v) is 21.3. The summed E-state index contributed by atoms with van der Waals surface area (Å²) in [5.74, 6) is 2.11. The van der Waals surface area contributed by atoms with Crippen LogP contribution in [0.2, 0.25) is 0 Å². The number of pyridine rings is 1. The first-order chi connectivity index (χ1) is 17.0. The van der Waals surface area contributed by atoms with Crippen molar-refractivity contribution in [3.8, 4) is 17.2 Å². The standard InChI is InChI=1S/C27H36N4O4/c1-6-28-27(32)31(18-20-11-12-24(34-4)25(15-20)35-5)14-8-9-19(2)30-23-17-22(33-3)16-21-10-7-13-29-26(21)23/h7,10-13,15-17,19,30H,6,8-9,14,18H2,1-5H3,(H,28,32). The Hall–Kier alpha value is -3.68. The van der Waals surface area contributed by atoms with Crippen LogP contribution in [0.5, 0.6) is 17.2 Å². The summed E-state index contributed by atoms with van der Waals surface area (Å²) < 4.78 is 16.2. The van der Waals surface area contributed by atoms with E-state index >= 15 is 0 Å². The molecular formula is C27H36N4O4. The SMILES string of the molecule is CCNC(=O)N(CCCC(C)Nc1cc(OC)cc2cccnc12)Cc1ccc(OC)c(OC)c1. The normalized spacial score (nSPS) is 11.6. The number of ether oxygens (including phenoxy) is 3. The van der Waals surface area contributed by atoms with E-state index in [-0.39, 0.29) is 12.1 Å². The number of nitrogens with zero attached hydrogens (tertiary/aromatic N) is 2. The number of carbonyl (C=O) groups is 1. The molecule has 0 aliphatic heterocycles. The Morgan fingerprint density at radius 1 is 1.06 bits per heavy atom. The predicted octanol–water partition coefficient (Wildman–Crippen LogP) is 5.07. The van der Waals surface area contributed by atoms with Gasteiger partial charge in [0.05, 0.1) is 32.5 Å². The second-order valence-corrected chi connectivity index (χ2v) is 8.38. The van der Waals surface area contributed by atoms with Crippen molar-refractivity contribution in [1.29, 1.82) is 0 Å². The Morgan fingerprint density at radius 2 is 1.86 bits per heavy atom. The molecule has 1 atom stereocenters. The van der Waals surface area contributed by atoms with Crippen molar-refractivity contribution < 1.29 is 19.0 Å². The van der Waals surface area contributed by atoms with Gasteiger partial charge in [0.15, 0.2) is 11.5 Å². The maximum absolute atomic E-state index is 12.7. The average Bonchev–Trinajstić information content (AvgIpc) is 2.87. The molecule has 1 unspecified atom stereocenters. The van der Waals surface area contributed by atoms with Crippen molar-refractivity contribution in [1.82, 2.24) is 15.2 Å². The Labute approximate surface area is 207 Å². The minimum atomic E-state index is -0.0779. The number of carbonyl (C=O) groups excluding carboxylic acids is 1. The molecule has 3 rings (SSSR count). The van der Waals surface area contributed by atoms with Gasteiger partial charge < -0.3 is 29.7 Å². The van der Waals surface area contributed by atoms with E-state index in [1.165, 1.54) is 0 Å². The van der Waals surface area contributed by atoms with Gasteiger partial charge in [0.1, 0.15) is 5.75 Å². The summed E-state index contributed by atoms with van der Waals surface area (Å²) in [6.45, 7) is 5.75. The van der Waals surface area contributed by atoms with Crippen LogP contribution in [0.4, 0.5) is 10.5 Å².